The van der Waals surface area contributed by atoms with Crippen molar-refractivity contribution in [3.63, 3.8) is 0 Å². The third-order valence-corrected chi connectivity index (χ3v) is 5.13. The number of benzene rings is 1. The molecule has 0 N–H and O–H groups in total. The summed E-state index contributed by atoms with van der Waals surface area (Å²) in [5, 5.41) is 0. The largest absolute Gasteiger partial charge is 0.496 e. The Morgan fingerprint density at radius 2 is 2.09 bits per heavy atom. The maximum absolute atomic E-state index is 12.7. The summed E-state index contributed by atoms with van der Waals surface area (Å²) in [5.74, 6) is 1.23. The van der Waals surface area contributed by atoms with Crippen LogP contribution in [0.25, 0.3) is 0 Å². The lowest BCUT2D eigenvalue weighted by molar-refractivity contribution is 0.0576. The smallest absolute Gasteiger partial charge is 0.414 e. The number of methoxy groups -OCH3 is 1. The van der Waals surface area contributed by atoms with Gasteiger partial charge >= 0.3 is 6.09 Å². The first-order chi connectivity index (χ1) is 10.7. The van der Waals surface area contributed by atoms with Gasteiger partial charge in [0.25, 0.3) is 0 Å². The van der Waals surface area contributed by atoms with Crippen molar-refractivity contribution in [3.05, 3.63) is 21.7 Å². The van der Waals surface area contributed by atoms with Crippen molar-refractivity contribution in [1.29, 1.82) is 0 Å². The number of carbonyl (C=O) groups is 1. The van der Waals surface area contributed by atoms with Crippen LogP contribution in [0, 0.1) is 6.92 Å². The van der Waals surface area contributed by atoms with E-state index in [4.69, 9.17) is 9.47 Å². The normalized spacial score (nSPS) is 17.7. The van der Waals surface area contributed by atoms with Gasteiger partial charge in [0.15, 0.2) is 0 Å². The number of hydrogen-bond donors (Lipinski definition) is 0. The van der Waals surface area contributed by atoms with Crippen LogP contribution < -0.4 is 9.64 Å². The Hall–Kier alpha value is -1.23. The maximum Gasteiger partial charge on any atom is 0.414 e. The minimum absolute atomic E-state index is 0.304. The van der Waals surface area contributed by atoms with Crippen LogP contribution in [-0.2, 0) is 4.74 Å². The second-order valence-electron chi connectivity index (χ2n) is 7.00. The van der Waals surface area contributed by atoms with Gasteiger partial charge in [-0.3, -0.25) is 4.90 Å². The van der Waals surface area contributed by atoms with Crippen LogP contribution in [0.4, 0.5) is 10.5 Å². The molecule has 0 bridgehead atoms. The molecule has 1 atom stereocenters. The van der Waals surface area contributed by atoms with E-state index >= 15 is 0 Å². The van der Waals surface area contributed by atoms with Gasteiger partial charge in [0, 0.05) is 16.6 Å². The lowest BCUT2D eigenvalue weighted by atomic mass is 9.86. The van der Waals surface area contributed by atoms with Gasteiger partial charge in [0.1, 0.15) is 11.4 Å². The van der Waals surface area contributed by atoms with Crippen molar-refractivity contribution in [2.45, 2.75) is 59.0 Å². The van der Waals surface area contributed by atoms with E-state index in [2.05, 4.69) is 22.9 Å². The number of halogens is 1. The van der Waals surface area contributed by atoms with Gasteiger partial charge in [-0.2, -0.15) is 0 Å². The first-order valence-electron chi connectivity index (χ1n) is 8.07. The summed E-state index contributed by atoms with van der Waals surface area (Å²) in [4.78, 5) is 14.4. The Morgan fingerprint density at radius 1 is 1.43 bits per heavy atom. The van der Waals surface area contributed by atoms with Crippen molar-refractivity contribution in [1.82, 2.24) is 0 Å². The number of nitrogens with zero attached hydrogens (tertiary/aromatic N) is 1. The zero-order valence-corrected chi connectivity index (χ0v) is 16.4. The van der Waals surface area contributed by atoms with Crippen molar-refractivity contribution in [2.24, 2.45) is 0 Å². The maximum atomic E-state index is 12.7. The molecule has 0 aromatic heterocycles. The standard InChI is InChI=1S/C18H26BrNO3/c1-7-12-8-9-20(17(21)23-18(3,4)5)16-14(12)13(22-6)10-11(2)15(16)19/h10,12H,7-9H2,1-6H3/t12-/m1/s1. The van der Waals surface area contributed by atoms with Gasteiger partial charge in [0.05, 0.1) is 12.8 Å². The van der Waals surface area contributed by atoms with Gasteiger partial charge < -0.3 is 9.47 Å². The van der Waals surface area contributed by atoms with Crippen molar-refractivity contribution in [3.8, 4) is 5.75 Å². The predicted molar refractivity (Wildman–Crippen MR) is 96.7 cm³/mol. The zero-order chi connectivity index (χ0) is 17.4. The molecule has 1 aromatic carbocycles. The van der Waals surface area contributed by atoms with Crippen LogP contribution in [0.3, 0.4) is 0 Å². The highest BCUT2D eigenvalue weighted by atomic mass is 79.9. The van der Waals surface area contributed by atoms with Gasteiger partial charge in [-0.25, -0.2) is 4.79 Å². The molecule has 1 aliphatic heterocycles. The zero-order valence-electron chi connectivity index (χ0n) is 14.8. The average Bonchev–Trinajstić information content (AvgIpc) is 2.47. The molecule has 2 rings (SSSR count). The van der Waals surface area contributed by atoms with Crippen LogP contribution in [0.15, 0.2) is 10.5 Å². The molecule has 23 heavy (non-hydrogen) atoms. The first kappa shape index (κ1) is 18.1. The molecule has 0 fully saturated rings. The van der Waals surface area contributed by atoms with E-state index in [1.165, 1.54) is 0 Å². The molecule has 4 nitrogen and oxygen atoms in total. The quantitative estimate of drug-likeness (QED) is 0.685. The minimum atomic E-state index is -0.515. The number of anilines is 1. The van der Waals surface area contributed by atoms with E-state index in [1.807, 2.05) is 33.8 Å². The van der Waals surface area contributed by atoms with E-state index in [-0.39, 0.29) is 6.09 Å². The summed E-state index contributed by atoms with van der Waals surface area (Å²) in [6, 6.07) is 2.03. The van der Waals surface area contributed by atoms with Gasteiger partial charge in [-0.15, -0.1) is 0 Å². The second-order valence-corrected chi connectivity index (χ2v) is 7.79. The van der Waals surface area contributed by atoms with E-state index in [0.29, 0.717) is 12.5 Å². The van der Waals surface area contributed by atoms with E-state index in [0.717, 1.165) is 39.9 Å². The highest BCUT2D eigenvalue weighted by Gasteiger charge is 2.35. The molecule has 128 valence electrons. The molecule has 0 spiro atoms. The molecule has 1 amide bonds. The number of carbonyl (C=O) groups excluding carboxylic acids is 1. The number of aryl methyl sites for hydroxylation is 1. The number of hydrogen-bond acceptors (Lipinski definition) is 3. The van der Waals surface area contributed by atoms with Gasteiger partial charge in [-0.1, -0.05) is 6.92 Å². The van der Waals surface area contributed by atoms with E-state index < -0.39 is 5.60 Å². The Morgan fingerprint density at radius 3 is 2.61 bits per heavy atom. The molecular formula is C18H26BrNO3. The molecule has 0 saturated heterocycles. The second kappa shape index (κ2) is 6.71. The van der Waals surface area contributed by atoms with Crippen LogP contribution in [0.1, 0.15) is 57.6 Å². The molecular weight excluding hydrogens is 358 g/mol. The Labute approximate surface area is 147 Å². The summed E-state index contributed by atoms with van der Waals surface area (Å²) < 4.78 is 12.1. The summed E-state index contributed by atoms with van der Waals surface area (Å²) in [6.07, 6.45) is 1.62. The van der Waals surface area contributed by atoms with Crippen LogP contribution >= 0.6 is 15.9 Å². The summed E-state index contributed by atoms with van der Waals surface area (Å²) in [5.41, 5.74) is 2.53. The molecule has 1 heterocycles. The molecule has 0 saturated carbocycles. The Balaban J connectivity index is 2.57. The molecule has 5 heteroatoms. The lowest BCUT2D eigenvalue weighted by Gasteiger charge is -2.37. The topological polar surface area (TPSA) is 38.8 Å². The van der Waals surface area contributed by atoms with Crippen molar-refractivity contribution >= 4 is 27.7 Å². The van der Waals surface area contributed by atoms with Gasteiger partial charge in [-0.05, 0) is 74.0 Å². The SMILES string of the molecule is CC[C@@H]1CCN(C(=O)OC(C)(C)C)c2c(Br)c(C)cc(OC)c21. The summed E-state index contributed by atoms with van der Waals surface area (Å²) in [7, 11) is 1.68. The number of ether oxygens (including phenoxy) is 2. The fourth-order valence-electron chi connectivity index (χ4n) is 3.04. The van der Waals surface area contributed by atoms with Crippen LogP contribution in [0.2, 0.25) is 0 Å². The minimum Gasteiger partial charge on any atom is -0.496 e. The monoisotopic (exact) mass is 383 g/mol. The third-order valence-electron chi connectivity index (χ3n) is 4.13. The van der Waals surface area contributed by atoms with E-state index in [1.54, 1.807) is 12.0 Å². The first-order valence-corrected chi connectivity index (χ1v) is 8.86. The summed E-state index contributed by atoms with van der Waals surface area (Å²) >= 11 is 3.67. The van der Waals surface area contributed by atoms with Crippen LogP contribution in [-0.4, -0.2) is 25.3 Å². The van der Waals surface area contributed by atoms with Gasteiger partial charge in [0.2, 0.25) is 0 Å². The van der Waals surface area contributed by atoms with Crippen LogP contribution in [0.5, 0.6) is 5.75 Å². The predicted octanol–water partition coefficient (Wildman–Crippen LogP) is 5.40. The van der Waals surface area contributed by atoms with Crippen molar-refractivity contribution in [2.75, 3.05) is 18.6 Å². The van der Waals surface area contributed by atoms with E-state index in [9.17, 15) is 4.79 Å². The molecule has 1 aliphatic rings. The third kappa shape index (κ3) is 3.65. The molecule has 0 radical (unpaired) electrons. The molecule has 0 aliphatic carbocycles. The fourth-order valence-corrected chi connectivity index (χ4v) is 3.58. The number of rotatable bonds is 2. The number of amides is 1. The molecule has 1 aromatic rings. The Bertz CT molecular complexity index is 607. The Kier molecular flexibility index (Phi) is 5.29. The average molecular weight is 384 g/mol. The lowest BCUT2D eigenvalue weighted by Crippen LogP contribution is -2.41. The summed E-state index contributed by atoms with van der Waals surface area (Å²) in [6.45, 7) is 10.5. The highest BCUT2D eigenvalue weighted by Crippen LogP contribution is 2.48. The van der Waals surface area contributed by atoms with Crippen molar-refractivity contribution < 1.29 is 14.3 Å². The fraction of sp³-hybridized carbons (Fsp3) is 0.611. The highest BCUT2D eigenvalue weighted by molar-refractivity contribution is 9.10. The number of fused-ring (bicyclic) bond motifs is 1. The molecule has 0 unspecified atom stereocenters.